The van der Waals surface area contributed by atoms with Gasteiger partial charge in [0.15, 0.2) is 15.7 Å². The molecule has 1 heterocycles. The molecule has 0 bridgehead atoms. The van der Waals surface area contributed by atoms with E-state index in [1.807, 2.05) is 6.07 Å². The maximum absolute atomic E-state index is 12.9. The van der Waals surface area contributed by atoms with Gasteiger partial charge in [0.2, 0.25) is 5.95 Å². The zero-order valence-corrected chi connectivity index (χ0v) is 24.3. The number of aromatic nitrogens is 2. The van der Waals surface area contributed by atoms with E-state index in [-0.39, 0.29) is 16.0 Å². The summed E-state index contributed by atoms with van der Waals surface area (Å²) in [6.07, 6.45) is 4.28. The lowest BCUT2D eigenvalue weighted by molar-refractivity contribution is 0.0933. The highest BCUT2D eigenvalue weighted by atomic mass is 35.5. The number of ether oxygens (including phenoxy) is 2. The van der Waals surface area contributed by atoms with Gasteiger partial charge in [-0.1, -0.05) is 29.8 Å². The van der Waals surface area contributed by atoms with E-state index in [9.17, 15) is 8.42 Å². The van der Waals surface area contributed by atoms with Crippen molar-refractivity contribution in [1.82, 2.24) is 15.3 Å². The Balaban J connectivity index is 1.56. The highest BCUT2D eigenvalue weighted by Gasteiger charge is 2.25. The third kappa shape index (κ3) is 7.06. The minimum atomic E-state index is -3.52. The van der Waals surface area contributed by atoms with Crippen molar-refractivity contribution >= 4 is 44.6 Å². The molecule has 2 atom stereocenters. The number of para-hydroxylation sites is 1. The maximum atomic E-state index is 12.9. The minimum absolute atomic E-state index is 0.0150. The van der Waals surface area contributed by atoms with Crippen molar-refractivity contribution in [2.24, 2.45) is 0 Å². The Labute approximate surface area is 235 Å². The van der Waals surface area contributed by atoms with Gasteiger partial charge in [-0.15, -0.1) is 0 Å². The molecule has 0 amide bonds. The molecule has 2 aromatic carbocycles. The summed E-state index contributed by atoms with van der Waals surface area (Å²) in [6, 6.07) is 13.3. The predicted octanol–water partition coefficient (Wildman–Crippen LogP) is 5.43. The molecule has 4 rings (SSSR count). The number of hydrogen-bond acceptors (Lipinski definition) is 9. The molecule has 1 aliphatic rings. The van der Waals surface area contributed by atoms with Gasteiger partial charge in [0.25, 0.3) is 0 Å². The number of benzene rings is 2. The SMILES string of the molecule is COCCNC1CCC(OC)c2cc(Nc3ncc(Cl)c(Nc4ccccc4S(=O)(=O)C(C)C)n3)ccc2C1. The molecule has 210 valence electrons. The molecule has 3 N–H and O–H groups in total. The molecule has 1 aromatic heterocycles. The molecule has 0 aliphatic heterocycles. The van der Waals surface area contributed by atoms with Crippen LogP contribution < -0.4 is 16.0 Å². The quantitative estimate of drug-likeness (QED) is 0.204. The highest BCUT2D eigenvalue weighted by Crippen LogP contribution is 2.34. The standard InChI is InChI=1S/C28H36ClN5O4S/c1-18(2)39(35,36)26-8-6-5-7-24(26)33-27-23(29)17-31-28(34-27)32-21-10-9-19-15-20(30-13-14-37-3)11-12-25(38-4)22(19)16-21/h5-10,16-18,20,25,30H,11-15H2,1-4H3,(H2,31,32,33,34). The molecule has 0 saturated carbocycles. The first-order valence-electron chi connectivity index (χ1n) is 13.0. The first-order chi connectivity index (χ1) is 18.7. The second-order valence-corrected chi connectivity index (χ2v) is 12.7. The minimum Gasteiger partial charge on any atom is -0.383 e. The van der Waals surface area contributed by atoms with Gasteiger partial charge in [-0.2, -0.15) is 4.98 Å². The molecule has 0 saturated heterocycles. The van der Waals surface area contributed by atoms with Gasteiger partial charge in [0.1, 0.15) is 5.02 Å². The lowest BCUT2D eigenvalue weighted by atomic mass is 9.99. The van der Waals surface area contributed by atoms with E-state index in [4.69, 9.17) is 21.1 Å². The first-order valence-corrected chi connectivity index (χ1v) is 14.9. The van der Waals surface area contributed by atoms with Crippen LogP contribution in [-0.4, -0.2) is 57.0 Å². The molecular weight excluding hydrogens is 538 g/mol. The topological polar surface area (TPSA) is 114 Å². The Kier molecular flexibility index (Phi) is 9.79. The Morgan fingerprint density at radius 1 is 1.10 bits per heavy atom. The van der Waals surface area contributed by atoms with Crippen molar-refractivity contribution < 1.29 is 17.9 Å². The van der Waals surface area contributed by atoms with Crippen LogP contribution in [0.15, 0.2) is 53.6 Å². The Morgan fingerprint density at radius 2 is 1.90 bits per heavy atom. The number of nitrogens with zero attached hydrogens (tertiary/aromatic N) is 2. The monoisotopic (exact) mass is 573 g/mol. The zero-order chi connectivity index (χ0) is 28.0. The molecule has 0 spiro atoms. The molecule has 0 fully saturated rings. The fourth-order valence-electron chi connectivity index (χ4n) is 4.66. The average Bonchev–Trinajstić information content (AvgIpc) is 3.09. The summed E-state index contributed by atoms with van der Waals surface area (Å²) in [5, 5.41) is 9.63. The number of fused-ring (bicyclic) bond motifs is 1. The Morgan fingerprint density at radius 3 is 2.64 bits per heavy atom. The fourth-order valence-corrected chi connectivity index (χ4v) is 6.00. The van der Waals surface area contributed by atoms with Gasteiger partial charge in [-0.05, 0) is 68.5 Å². The molecule has 3 aromatic rings. The van der Waals surface area contributed by atoms with Crippen LogP contribution in [0.2, 0.25) is 5.02 Å². The third-order valence-electron chi connectivity index (χ3n) is 6.83. The number of rotatable bonds is 11. The summed E-state index contributed by atoms with van der Waals surface area (Å²) in [4.78, 5) is 9.07. The number of hydrogen-bond donors (Lipinski definition) is 3. The molecule has 11 heteroatoms. The van der Waals surface area contributed by atoms with Crippen molar-refractivity contribution in [3.63, 3.8) is 0 Å². The summed E-state index contributed by atoms with van der Waals surface area (Å²) in [7, 11) is -0.0683. The number of sulfone groups is 1. The number of anilines is 4. The van der Waals surface area contributed by atoms with E-state index in [2.05, 4.69) is 38.1 Å². The molecular formula is C28H36ClN5O4S. The van der Waals surface area contributed by atoms with E-state index in [1.54, 1.807) is 52.3 Å². The van der Waals surface area contributed by atoms with Crippen LogP contribution in [0.4, 0.5) is 23.1 Å². The smallest absolute Gasteiger partial charge is 0.229 e. The molecule has 2 unspecified atom stereocenters. The second kappa shape index (κ2) is 13.1. The summed E-state index contributed by atoms with van der Waals surface area (Å²) in [6.45, 7) is 4.79. The van der Waals surface area contributed by atoms with Gasteiger partial charge in [-0.25, -0.2) is 13.4 Å². The lowest BCUT2D eigenvalue weighted by Gasteiger charge is -2.18. The predicted molar refractivity (Wildman–Crippen MR) is 155 cm³/mol. The van der Waals surface area contributed by atoms with Crippen LogP contribution in [0.25, 0.3) is 0 Å². The van der Waals surface area contributed by atoms with E-state index < -0.39 is 15.1 Å². The number of halogens is 1. The third-order valence-corrected chi connectivity index (χ3v) is 9.31. The van der Waals surface area contributed by atoms with Crippen LogP contribution in [-0.2, 0) is 25.7 Å². The summed E-state index contributed by atoms with van der Waals surface area (Å²) >= 11 is 6.39. The van der Waals surface area contributed by atoms with Crippen molar-refractivity contribution in [2.75, 3.05) is 38.0 Å². The van der Waals surface area contributed by atoms with Gasteiger partial charge in [-0.3, -0.25) is 0 Å². The number of nitrogens with one attached hydrogen (secondary N) is 3. The summed E-state index contributed by atoms with van der Waals surface area (Å²) < 4.78 is 36.8. The van der Waals surface area contributed by atoms with Crippen molar-refractivity contribution in [2.45, 2.75) is 55.4 Å². The number of methoxy groups -OCH3 is 2. The van der Waals surface area contributed by atoms with Crippen molar-refractivity contribution in [3.8, 4) is 0 Å². The molecule has 1 aliphatic carbocycles. The van der Waals surface area contributed by atoms with Crippen molar-refractivity contribution in [1.29, 1.82) is 0 Å². The van der Waals surface area contributed by atoms with Gasteiger partial charge < -0.3 is 25.4 Å². The van der Waals surface area contributed by atoms with Gasteiger partial charge >= 0.3 is 0 Å². The fraction of sp³-hybridized carbons (Fsp3) is 0.429. The van der Waals surface area contributed by atoms with E-state index >= 15 is 0 Å². The second-order valence-electron chi connectivity index (χ2n) is 9.79. The highest BCUT2D eigenvalue weighted by molar-refractivity contribution is 7.92. The average molecular weight is 574 g/mol. The van der Waals surface area contributed by atoms with Crippen LogP contribution >= 0.6 is 11.6 Å². The van der Waals surface area contributed by atoms with Crippen LogP contribution in [0.1, 0.15) is 43.9 Å². The molecule has 0 radical (unpaired) electrons. The lowest BCUT2D eigenvalue weighted by Crippen LogP contribution is -2.33. The van der Waals surface area contributed by atoms with Gasteiger partial charge in [0.05, 0.1) is 34.7 Å². The zero-order valence-electron chi connectivity index (χ0n) is 22.7. The molecule has 39 heavy (non-hydrogen) atoms. The molecule has 9 nitrogen and oxygen atoms in total. The maximum Gasteiger partial charge on any atom is 0.229 e. The Bertz CT molecular complexity index is 1390. The van der Waals surface area contributed by atoms with Crippen LogP contribution in [0, 0.1) is 0 Å². The van der Waals surface area contributed by atoms with E-state index in [1.165, 1.54) is 11.8 Å². The van der Waals surface area contributed by atoms with Crippen molar-refractivity contribution in [3.05, 3.63) is 64.8 Å². The Hall–Kier alpha value is -2.76. The van der Waals surface area contributed by atoms with Crippen LogP contribution in [0.5, 0.6) is 0 Å². The summed E-state index contributed by atoms with van der Waals surface area (Å²) in [5.74, 6) is 0.628. The van der Waals surface area contributed by atoms with Gasteiger partial charge in [0, 0.05) is 32.5 Å². The first kappa shape index (κ1) is 29.2. The van der Waals surface area contributed by atoms with Crippen LogP contribution in [0.3, 0.4) is 0 Å². The summed E-state index contributed by atoms with van der Waals surface area (Å²) in [5.41, 5.74) is 3.60. The van der Waals surface area contributed by atoms with E-state index in [0.29, 0.717) is 30.1 Å². The normalized spacial score (nSPS) is 17.5. The van der Waals surface area contributed by atoms with E-state index in [0.717, 1.165) is 37.1 Å². The largest absolute Gasteiger partial charge is 0.383 e.